The quantitative estimate of drug-likeness (QED) is 0.350. The van der Waals surface area contributed by atoms with Gasteiger partial charge < -0.3 is 14.4 Å². The maximum absolute atomic E-state index is 14.1. The van der Waals surface area contributed by atoms with E-state index in [2.05, 4.69) is 6.92 Å². The maximum Gasteiger partial charge on any atom is 0.471 e. The average Bonchev–Trinajstić information content (AvgIpc) is 3.49. The standard InChI is InChI=1S/C29H36F3NO6/c1-13(2)16-12-15-8-9-17-27(4,10-7-11-28(17,5)26(35)36-6)21(15)20-19-18(23-37-24(19)39-38-23)14(3)33(22(16)20)25(34)29(30,31)32/h12-14,17-19,23-24H,7-11H2,1-6H3/t14-,17+,18+,19+,23+,24-,27-,28+/m0/s1. The van der Waals surface area contributed by atoms with Gasteiger partial charge in [-0.05, 0) is 79.0 Å². The number of carbonyl (C=O) groups excluding carboxylic acids is 2. The molecular weight excluding hydrogens is 515 g/mol. The number of benzene rings is 1. The monoisotopic (exact) mass is 551 g/mol. The van der Waals surface area contributed by atoms with Crippen molar-refractivity contribution in [2.45, 2.75) is 109 Å². The highest BCUT2D eigenvalue weighted by Crippen LogP contribution is 2.64. The number of ether oxygens (including phenoxy) is 2. The Morgan fingerprint density at radius 2 is 1.85 bits per heavy atom. The Morgan fingerprint density at radius 3 is 2.49 bits per heavy atom. The Hall–Kier alpha value is -2.17. The number of nitrogens with zero attached hydrogens (tertiary/aromatic N) is 1. The molecule has 0 aromatic heterocycles. The third-order valence-electron chi connectivity index (χ3n) is 10.5. The van der Waals surface area contributed by atoms with Crippen LogP contribution in [0.2, 0.25) is 0 Å². The van der Waals surface area contributed by atoms with Crippen LogP contribution in [-0.2, 0) is 40.7 Å². The molecule has 2 bridgehead atoms. The van der Waals surface area contributed by atoms with Crippen LogP contribution in [0.15, 0.2) is 6.07 Å². The molecule has 3 fully saturated rings. The van der Waals surface area contributed by atoms with E-state index in [-0.39, 0.29) is 17.8 Å². The first-order chi connectivity index (χ1) is 18.3. The molecule has 6 rings (SSSR count). The number of hydrogen-bond donors (Lipinski definition) is 0. The lowest BCUT2D eigenvalue weighted by atomic mass is 9.48. The van der Waals surface area contributed by atoms with E-state index in [4.69, 9.17) is 19.2 Å². The van der Waals surface area contributed by atoms with E-state index < -0.39 is 53.4 Å². The zero-order valence-corrected chi connectivity index (χ0v) is 23.2. The van der Waals surface area contributed by atoms with Crippen LogP contribution in [0.5, 0.6) is 0 Å². The Kier molecular flexibility index (Phi) is 6.00. The van der Waals surface area contributed by atoms with Crippen molar-refractivity contribution >= 4 is 17.6 Å². The molecule has 214 valence electrons. The van der Waals surface area contributed by atoms with E-state index in [1.165, 1.54) is 7.11 Å². The molecule has 1 amide bonds. The van der Waals surface area contributed by atoms with Gasteiger partial charge in [-0.1, -0.05) is 33.3 Å². The van der Waals surface area contributed by atoms with Crippen molar-refractivity contribution in [3.05, 3.63) is 28.3 Å². The molecular formula is C29H36F3NO6. The zero-order chi connectivity index (χ0) is 28.2. The van der Waals surface area contributed by atoms with Gasteiger partial charge in [0.15, 0.2) is 6.29 Å². The molecule has 1 saturated carbocycles. The number of aryl methyl sites for hydroxylation is 1. The lowest BCUT2D eigenvalue weighted by molar-refractivity contribution is -0.334. The molecule has 8 atom stereocenters. The summed E-state index contributed by atoms with van der Waals surface area (Å²) in [6, 6.07) is 1.18. The van der Waals surface area contributed by atoms with Gasteiger partial charge in [-0.25, -0.2) is 9.78 Å². The summed E-state index contributed by atoms with van der Waals surface area (Å²) in [7, 11) is 1.41. The number of anilines is 1. The van der Waals surface area contributed by atoms with Crippen LogP contribution < -0.4 is 4.90 Å². The summed E-state index contributed by atoms with van der Waals surface area (Å²) in [5, 5.41) is 0. The van der Waals surface area contributed by atoms with Gasteiger partial charge in [-0.2, -0.15) is 13.2 Å². The molecule has 5 aliphatic rings. The van der Waals surface area contributed by atoms with Crippen molar-refractivity contribution < 1.29 is 42.0 Å². The van der Waals surface area contributed by atoms with Gasteiger partial charge in [0.25, 0.3) is 0 Å². The summed E-state index contributed by atoms with van der Waals surface area (Å²) in [6.45, 7) is 9.62. The Bertz CT molecular complexity index is 1230. The Labute approximate surface area is 226 Å². The predicted octanol–water partition coefficient (Wildman–Crippen LogP) is 5.63. The summed E-state index contributed by atoms with van der Waals surface area (Å²) in [6.07, 6.45) is -3.02. The van der Waals surface area contributed by atoms with Crippen LogP contribution in [0.1, 0.15) is 94.4 Å². The molecule has 1 aromatic rings. The minimum Gasteiger partial charge on any atom is -0.469 e. The number of hydrogen-bond acceptors (Lipinski definition) is 6. The first-order valence-corrected chi connectivity index (χ1v) is 13.9. The molecule has 3 heterocycles. The highest BCUT2D eigenvalue weighted by molar-refractivity contribution is 6.00. The SMILES string of the molecule is COC(=O)[C@]1(C)CCC[C@]2(C)c3c(cc(C(C)C)c4c3[C@@H]3[C@@H]5OO[C@@H](O5)[C@@H]3[C@H](C)N4C(=O)C(F)(F)F)CC[C@@H]12. The first-order valence-electron chi connectivity index (χ1n) is 13.9. The number of methoxy groups -OCH3 is 1. The second-order valence-electron chi connectivity index (χ2n) is 12.8. The summed E-state index contributed by atoms with van der Waals surface area (Å²) < 4.78 is 53.7. The molecule has 2 aliphatic carbocycles. The smallest absolute Gasteiger partial charge is 0.469 e. The maximum atomic E-state index is 14.1. The Balaban J connectivity index is 1.66. The number of halogens is 3. The number of alkyl halides is 3. The number of amides is 1. The molecule has 2 saturated heterocycles. The predicted molar refractivity (Wildman–Crippen MR) is 134 cm³/mol. The van der Waals surface area contributed by atoms with Crippen LogP contribution in [0.25, 0.3) is 0 Å². The van der Waals surface area contributed by atoms with Gasteiger partial charge in [-0.3, -0.25) is 9.59 Å². The normalized spacial score (nSPS) is 38.7. The van der Waals surface area contributed by atoms with Crippen LogP contribution in [0.4, 0.5) is 18.9 Å². The molecule has 3 aliphatic heterocycles. The molecule has 0 radical (unpaired) electrons. The van der Waals surface area contributed by atoms with E-state index in [0.717, 1.165) is 35.3 Å². The average molecular weight is 552 g/mol. The van der Waals surface area contributed by atoms with Crippen LogP contribution in [0.3, 0.4) is 0 Å². The molecule has 0 unspecified atom stereocenters. The van der Waals surface area contributed by atoms with E-state index in [1.807, 2.05) is 26.8 Å². The fraction of sp³-hybridized carbons (Fsp3) is 0.724. The second kappa shape index (κ2) is 8.66. The van der Waals surface area contributed by atoms with Crippen molar-refractivity contribution in [2.75, 3.05) is 12.0 Å². The number of esters is 1. The molecule has 0 spiro atoms. The lowest BCUT2D eigenvalue weighted by Gasteiger charge is -2.56. The third kappa shape index (κ3) is 3.53. The van der Waals surface area contributed by atoms with Gasteiger partial charge in [0.05, 0.1) is 24.1 Å². The van der Waals surface area contributed by atoms with Crippen LogP contribution in [0, 0.1) is 17.3 Å². The lowest BCUT2D eigenvalue weighted by Crippen LogP contribution is -2.58. The number of carbonyl (C=O) groups is 2. The van der Waals surface area contributed by atoms with Crippen molar-refractivity contribution in [1.29, 1.82) is 0 Å². The number of rotatable bonds is 2. The number of fused-ring (bicyclic) bond motifs is 11. The highest BCUT2D eigenvalue weighted by Gasteiger charge is 2.65. The summed E-state index contributed by atoms with van der Waals surface area (Å²) in [5.74, 6) is -3.29. The van der Waals surface area contributed by atoms with Gasteiger partial charge in [0.2, 0.25) is 6.29 Å². The molecule has 0 N–H and O–H groups in total. The minimum absolute atomic E-state index is 0.0751. The summed E-state index contributed by atoms with van der Waals surface area (Å²) in [5.41, 5.74) is 2.52. The topological polar surface area (TPSA) is 74.3 Å². The van der Waals surface area contributed by atoms with Gasteiger partial charge in [0, 0.05) is 12.0 Å². The van der Waals surface area contributed by atoms with E-state index in [1.54, 1.807) is 6.92 Å². The van der Waals surface area contributed by atoms with E-state index >= 15 is 0 Å². The van der Waals surface area contributed by atoms with E-state index in [9.17, 15) is 22.8 Å². The highest BCUT2D eigenvalue weighted by atomic mass is 19.4. The summed E-state index contributed by atoms with van der Waals surface area (Å²) in [4.78, 5) is 38.1. The fourth-order valence-electron chi connectivity index (χ4n) is 8.86. The second-order valence-corrected chi connectivity index (χ2v) is 12.8. The first kappa shape index (κ1) is 27.0. The largest absolute Gasteiger partial charge is 0.471 e. The zero-order valence-electron chi connectivity index (χ0n) is 23.2. The van der Waals surface area contributed by atoms with Gasteiger partial charge in [-0.15, -0.1) is 0 Å². The minimum atomic E-state index is -5.06. The molecule has 7 nitrogen and oxygen atoms in total. The Morgan fingerprint density at radius 1 is 1.15 bits per heavy atom. The van der Waals surface area contributed by atoms with Gasteiger partial charge >= 0.3 is 18.1 Å². The molecule has 39 heavy (non-hydrogen) atoms. The summed E-state index contributed by atoms with van der Waals surface area (Å²) >= 11 is 0. The van der Waals surface area contributed by atoms with Crippen molar-refractivity contribution in [3.63, 3.8) is 0 Å². The van der Waals surface area contributed by atoms with Crippen LogP contribution in [-0.4, -0.2) is 43.8 Å². The van der Waals surface area contributed by atoms with Crippen molar-refractivity contribution in [3.8, 4) is 0 Å². The fourth-order valence-corrected chi connectivity index (χ4v) is 8.86. The van der Waals surface area contributed by atoms with Crippen molar-refractivity contribution in [1.82, 2.24) is 0 Å². The van der Waals surface area contributed by atoms with Gasteiger partial charge in [0.1, 0.15) is 0 Å². The third-order valence-corrected chi connectivity index (χ3v) is 10.5. The molecule has 10 heteroatoms. The van der Waals surface area contributed by atoms with Crippen LogP contribution >= 0.6 is 0 Å². The van der Waals surface area contributed by atoms with Crippen molar-refractivity contribution in [2.24, 2.45) is 17.3 Å². The van der Waals surface area contributed by atoms with E-state index in [0.29, 0.717) is 29.7 Å². The molecule has 1 aromatic carbocycles.